The molecule has 1 heterocycles. The van der Waals surface area contributed by atoms with Crippen molar-refractivity contribution in [3.05, 3.63) is 29.8 Å². The van der Waals surface area contributed by atoms with Gasteiger partial charge in [0.15, 0.2) is 0 Å². The van der Waals surface area contributed by atoms with Gasteiger partial charge in [-0.15, -0.1) is 12.4 Å². The average molecular weight is 369 g/mol. The molecule has 1 saturated carbocycles. The summed E-state index contributed by atoms with van der Waals surface area (Å²) in [5.41, 5.74) is 7.05. The predicted octanol–water partition coefficient (Wildman–Crippen LogP) is 2.75. The van der Waals surface area contributed by atoms with Gasteiger partial charge >= 0.3 is 0 Å². The van der Waals surface area contributed by atoms with Crippen LogP contribution in [0.15, 0.2) is 24.3 Å². The zero-order valence-electron chi connectivity index (χ0n) is 14.9. The van der Waals surface area contributed by atoms with E-state index in [9.17, 15) is 4.79 Å². The van der Waals surface area contributed by atoms with Crippen LogP contribution >= 0.6 is 12.4 Å². The molecule has 1 aromatic carbocycles. The summed E-state index contributed by atoms with van der Waals surface area (Å²) in [4.78, 5) is 15.0. The Bertz CT molecular complexity index is 563. The van der Waals surface area contributed by atoms with Gasteiger partial charge in [0.2, 0.25) is 5.91 Å². The maximum atomic E-state index is 13.1. The van der Waals surface area contributed by atoms with Crippen LogP contribution in [0.25, 0.3) is 0 Å². The van der Waals surface area contributed by atoms with E-state index in [1.165, 1.54) is 0 Å². The molecule has 3 atom stereocenters. The van der Waals surface area contributed by atoms with Crippen LogP contribution in [-0.2, 0) is 16.1 Å². The number of amides is 1. The second kappa shape index (κ2) is 9.41. The molecule has 1 amide bonds. The highest BCUT2D eigenvalue weighted by atomic mass is 35.5. The lowest BCUT2D eigenvalue weighted by molar-refractivity contribution is -0.137. The number of nitrogens with two attached hydrogens (primary N) is 1. The first-order chi connectivity index (χ1) is 11.7. The highest BCUT2D eigenvalue weighted by Gasteiger charge is 2.33. The fourth-order valence-corrected chi connectivity index (χ4v) is 3.80. The van der Waals surface area contributed by atoms with Gasteiger partial charge in [-0.25, -0.2) is 0 Å². The summed E-state index contributed by atoms with van der Waals surface area (Å²) in [6.07, 6.45) is 4.90. The Labute approximate surface area is 156 Å². The van der Waals surface area contributed by atoms with Crippen LogP contribution < -0.4 is 10.5 Å². The van der Waals surface area contributed by atoms with Gasteiger partial charge in [-0.1, -0.05) is 18.2 Å². The van der Waals surface area contributed by atoms with Gasteiger partial charge in [0.05, 0.1) is 13.2 Å². The molecule has 2 fully saturated rings. The maximum absolute atomic E-state index is 13.1. The Morgan fingerprint density at radius 2 is 2.12 bits per heavy atom. The van der Waals surface area contributed by atoms with E-state index in [1.54, 1.807) is 7.11 Å². The van der Waals surface area contributed by atoms with Crippen LogP contribution in [0.5, 0.6) is 5.75 Å². The maximum Gasteiger partial charge on any atom is 0.226 e. The normalized spacial score (nSPS) is 25.4. The fourth-order valence-electron chi connectivity index (χ4n) is 3.80. The standard InChI is InChI=1S/C19H28N2O3.ClH/c1-23-18-7-3-2-5-15(18)12-21(13-17-6-4-10-24-17)19(22)14-8-9-16(20)11-14;/h2-3,5,7,14,16-17H,4,6,8-13,20H2,1H3;1H. The smallest absolute Gasteiger partial charge is 0.226 e. The van der Waals surface area contributed by atoms with Gasteiger partial charge < -0.3 is 20.1 Å². The van der Waals surface area contributed by atoms with Crippen molar-refractivity contribution in [1.29, 1.82) is 0 Å². The van der Waals surface area contributed by atoms with Crippen molar-refractivity contribution in [3.8, 4) is 5.75 Å². The summed E-state index contributed by atoms with van der Waals surface area (Å²) < 4.78 is 11.2. The third kappa shape index (κ3) is 5.09. The molecule has 140 valence electrons. The number of nitrogens with zero attached hydrogens (tertiary/aromatic N) is 1. The summed E-state index contributed by atoms with van der Waals surface area (Å²) in [7, 11) is 1.67. The molecule has 1 aliphatic heterocycles. The predicted molar refractivity (Wildman–Crippen MR) is 99.9 cm³/mol. The summed E-state index contributed by atoms with van der Waals surface area (Å²) in [6, 6.07) is 8.06. The largest absolute Gasteiger partial charge is 0.496 e. The molecule has 0 aromatic heterocycles. The number of rotatable bonds is 6. The van der Waals surface area contributed by atoms with E-state index >= 15 is 0 Å². The van der Waals surface area contributed by atoms with Crippen molar-refractivity contribution >= 4 is 18.3 Å². The molecule has 2 N–H and O–H groups in total. The van der Waals surface area contributed by atoms with Gasteiger partial charge in [-0.3, -0.25) is 4.79 Å². The SMILES string of the molecule is COc1ccccc1CN(CC1CCCO1)C(=O)C1CCC(N)C1.Cl. The molecule has 3 unspecified atom stereocenters. The van der Waals surface area contributed by atoms with Crippen LogP contribution in [0, 0.1) is 5.92 Å². The van der Waals surface area contributed by atoms with Crippen LogP contribution in [0.1, 0.15) is 37.7 Å². The van der Waals surface area contributed by atoms with Gasteiger partial charge in [-0.2, -0.15) is 0 Å². The van der Waals surface area contributed by atoms with Crippen LogP contribution in [0.4, 0.5) is 0 Å². The Morgan fingerprint density at radius 3 is 2.76 bits per heavy atom. The van der Waals surface area contributed by atoms with E-state index in [2.05, 4.69) is 0 Å². The first-order valence-corrected chi connectivity index (χ1v) is 8.95. The van der Waals surface area contributed by atoms with Crippen LogP contribution in [0.2, 0.25) is 0 Å². The lowest BCUT2D eigenvalue weighted by Crippen LogP contribution is -2.40. The highest BCUT2D eigenvalue weighted by molar-refractivity contribution is 5.85. The Morgan fingerprint density at radius 1 is 1.32 bits per heavy atom. The number of carbonyl (C=O) groups excluding carboxylic acids is 1. The molecule has 0 spiro atoms. The first-order valence-electron chi connectivity index (χ1n) is 8.95. The number of benzene rings is 1. The number of hydrogen-bond donors (Lipinski definition) is 1. The highest BCUT2D eigenvalue weighted by Crippen LogP contribution is 2.28. The van der Waals surface area contributed by atoms with Crippen molar-refractivity contribution in [2.45, 2.75) is 50.8 Å². The fraction of sp³-hybridized carbons (Fsp3) is 0.632. The van der Waals surface area contributed by atoms with Gasteiger partial charge in [0, 0.05) is 37.2 Å². The molecule has 1 aliphatic carbocycles. The van der Waals surface area contributed by atoms with E-state index in [0.717, 1.165) is 50.0 Å². The Kier molecular flexibility index (Phi) is 7.54. The van der Waals surface area contributed by atoms with Crippen LogP contribution in [0.3, 0.4) is 0 Å². The number of methoxy groups -OCH3 is 1. The van der Waals surface area contributed by atoms with E-state index in [1.807, 2.05) is 29.2 Å². The first kappa shape index (κ1) is 20.0. The molecule has 0 bridgehead atoms. The molecule has 1 aromatic rings. The third-order valence-electron chi connectivity index (χ3n) is 5.14. The summed E-state index contributed by atoms with van der Waals surface area (Å²) in [5.74, 6) is 1.09. The molecule has 6 heteroatoms. The molecule has 3 rings (SSSR count). The Hall–Kier alpha value is -1.30. The minimum absolute atomic E-state index is 0. The molecule has 2 aliphatic rings. The van der Waals surface area contributed by atoms with Crippen molar-refractivity contribution in [2.24, 2.45) is 11.7 Å². The molecular formula is C19H29ClN2O3. The summed E-state index contributed by atoms with van der Waals surface area (Å²) in [5, 5.41) is 0. The van der Waals surface area contributed by atoms with Gasteiger partial charge in [0.25, 0.3) is 0 Å². The van der Waals surface area contributed by atoms with Crippen molar-refractivity contribution in [1.82, 2.24) is 4.90 Å². The van der Waals surface area contributed by atoms with E-state index in [4.69, 9.17) is 15.2 Å². The van der Waals surface area contributed by atoms with E-state index < -0.39 is 0 Å². The second-order valence-electron chi connectivity index (χ2n) is 6.94. The number of carbonyl (C=O) groups is 1. The van der Waals surface area contributed by atoms with Gasteiger partial charge in [0.1, 0.15) is 5.75 Å². The molecular weight excluding hydrogens is 340 g/mol. The number of hydrogen-bond acceptors (Lipinski definition) is 4. The molecule has 25 heavy (non-hydrogen) atoms. The summed E-state index contributed by atoms with van der Waals surface area (Å²) in [6.45, 7) is 2.02. The summed E-state index contributed by atoms with van der Waals surface area (Å²) >= 11 is 0. The van der Waals surface area contributed by atoms with Crippen molar-refractivity contribution in [3.63, 3.8) is 0 Å². The minimum Gasteiger partial charge on any atom is -0.496 e. The minimum atomic E-state index is 0. The molecule has 1 saturated heterocycles. The topological polar surface area (TPSA) is 64.8 Å². The van der Waals surface area contributed by atoms with E-state index in [0.29, 0.717) is 13.1 Å². The third-order valence-corrected chi connectivity index (χ3v) is 5.14. The zero-order chi connectivity index (χ0) is 16.9. The van der Waals surface area contributed by atoms with E-state index in [-0.39, 0.29) is 36.4 Å². The molecule has 5 nitrogen and oxygen atoms in total. The Balaban J connectivity index is 0.00000225. The van der Waals surface area contributed by atoms with Crippen molar-refractivity contribution in [2.75, 3.05) is 20.3 Å². The number of halogens is 1. The molecule has 0 radical (unpaired) electrons. The van der Waals surface area contributed by atoms with Gasteiger partial charge in [-0.05, 0) is 38.2 Å². The van der Waals surface area contributed by atoms with Crippen LogP contribution in [-0.4, -0.2) is 43.2 Å². The zero-order valence-corrected chi connectivity index (χ0v) is 15.7. The number of ether oxygens (including phenoxy) is 2. The second-order valence-corrected chi connectivity index (χ2v) is 6.94. The number of para-hydroxylation sites is 1. The lowest BCUT2D eigenvalue weighted by Gasteiger charge is -2.28. The van der Waals surface area contributed by atoms with Crippen molar-refractivity contribution < 1.29 is 14.3 Å². The lowest BCUT2D eigenvalue weighted by atomic mass is 10.0. The average Bonchev–Trinajstić information content (AvgIpc) is 3.25. The quantitative estimate of drug-likeness (QED) is 0.838. The monoisotopic (exact) mass is 368 g/mol.